The predicted octanol–water partition coefficient (Wildman–Crippen LogP) is 4.68. The molecule has 0 aliphatic heterocycles. The van der Waals surface area contributed by atoms with Crippen LogP contribution < -0.4 is 0 Å². The Morgan fingerprint density at radius 3 is 2.17 bits per heavy atom. The second kappa shape index (κ2) is 4.87. The first-order chi connectivity index (χ1) is 11.6. The molecule has 24 heavy (non-hydrogen) atoms. The summed E-state index contributed by atoms with van der Waals surface area (Å²) in [4.78, 5) is 22.1. The minimum atomic E-state index is -0.0890. The van der Waals surface area contributed by atoms with Gasteiger partial charge in [0.25, 0.3) is 0 Å². The van der Waals surface area contributed by atoms with Crippen molar-refractivity contribution < 1.29 is 4.79 Å². The summed E-state index contributed by atoms with van der Waals surface area (Å²) in [5.41, 5.74) is 6.31. The van der Waals surface area contributed by atoms with Crippen molar-refractivity contribution in [2.45, 2.75) is 6.92 Å². The number of nitrogens with zero attached hydrogens (tertiary/aromatic N) is 4. The van der Waals surface area contributed by atoms with Gasteiger partial charge in [-0.25, -0.2) is 9.97 Å². The van der Waals surface area contributed by atoms with Gasteiger partial charge in [-0.05, 0) is 44.8 Å². The van der Waals surface area contributed by atoms with Gasteiger partial charge in [0.15, 0.2) is 0 Å². The first-order valence-corrected chi connectivity index (χ1v) is 9.34. The van der Waals surface area contributed by atoms with Crippen molar-refractivity contribution in [3.63, 3.8) is 0 Å². The molecule has 0 unspecified atom stereocenters. The first kappa shape index (κ1) is 14.6. The van der Waals surface area contributed by atoms with E-state index in [9.17, 15) is 4.79 Å². The zero-order chi connectivity index (χ0) is 16.6. The van der Waals surface area contributed by atoms with E-state index in [1.807, 2.05) is 25.1 Å². The van der Waals surface area contributed by atoms with Gasteiger partial charge in [-0.1, -0.05) is 17.7 Å². The summed E-state index contributed by atoms with van der Waals surface area (Å²) in [6, 6.07) is 5.75. The summed E-state index contributed by atoms with van der Waals surface area (Å²) in [7, 11) is 0. The Hall–Kier alpha value is -1.77. The Morgan fingerprint density at radius 1 is 0.875 bits per heavy atom. The molecule has 2 heterocycles. The average molecular weight is 462 g/mol. The maximum Gasteiger partial charge on any atom is 0.214 e. The van der Waals surface area contributed by atoms with Crippen molar-refractivity contribution in [1.82, 2.24) is 18.7 Å². The lowest BCUT2D eigenvalue weighted by atomic mass is 10.1. The van der Waals surface area contributed by atoms with Crippen molar-refractivity contribution in [3.05, 3.63) is 44.0 Å². The van der Waals surface area contributed by atoms with Crippen LogP contribution in [0, 0.1) is 6.92 Å². The molecular weight excluding hydrogens is 456 g/mol. The van der Waals surface area contributed by atoms with E-state index in [0.717, 1.165) is 32.8 Å². The minimum absolute atomic E-state index is 0.0890. The maximum absolute atomic E-state index is 12.7. The molecule has 0 bridgehead atoms. The van der Waals surface area contributed by atoms with E-state index in [1.165, 1.54) is 0 Å². The number of aryl methyl sites for hydroxylation is 1. The Morgan fingerprint density at radius 2 is 1.50 bits per heavy atom. The van der Waals surface area contributed by atoms with Crippen LogP contribution in [0.1, 0.15) is 21.6 Å². The second-order valence-corrected chi connectivity index (χ2v) is 7.70. The zero-order valence-electron chi connectivity index (χ0n) is 12.1. The van der Waals surface area contributed by atoms with E-state index in [0.29, 0.717) is 38.0 Å². The van der Waals surface area contributed by atoms with Crippen molar-refractivity contribution in [2.24, 2.45) is 0 Å². The van der Waals surface area contributed by atoms with Gasteiger partial charge in [-0.3, -0.25) is 4.79 Å². The Kier molecular flexibility index (Phi) is 2.96. The molecule has 5 nitrogen and oxygen atoms in total. The van der Waals surface area contributed by atoms with Gasteiger partial charge >= 0.3 is 0 Å². The number of fused-ring (bicyclic) bond motifs is 5. The van der Waals surface area contributed by atoms with Gasteiger partial charge in [0, 0.05) is 11.1 Å². The summed E-state index contributed by atoms with van der Waals surface area (Å²) >= 11 is 8.24. The molecule has 0 amide bonds. The molecule has 116 valence electrons. The molecule has 1 aliphatic carbocycles. The van der Waals surface area contributed by atoms with E-state index in [-0.39, 0.29) is 5.78 Å². The standard InChI is InChI=1S/C16H6Br2N4OS/c1-5-2-3-6-7(4-5)10-15(16(6)23)20-12-9(18)14-13(21-24-22-14)8(17)11(12)19-10/h2-4H,1H3. The number of hydrogen-bond donors (Lipinski definition) is 0. The van der Waals surface area contributed by atoms with Crippen LogP contribution in [-0.2, 0) is 0 Å². The van der Waals surface area contributed by atoms with E-state index in [2.05, 4.69) is 45.6 Å². The third-order valence-corrected chi connectivity index (χ3v) is 6.14. The van der Waals surface area contributed by atoms with Crippen molar-refractivity contribution in [2.75, 3.05) is 0 Å². The van der Waals surface area contributed by atoms with Crippen LogP contribution >= 0.6 is 43.6 Å². The highest BCUT2D eigenvalue weighted by Crippen LogP contribution is 2.41. The smallest absolute Gasteiger partial charge is 0.214 e. The van der Waals surface area contributed by atoms with Crippen LogP contribution in [0.4, 0.5) is 0 Å². The summed E-state index contributed by atoms with van der Waals surface area (Å²) in [6.07, 6.45) is 0. The molecule has 2 aromatic heterocycles. The zero-order valence-corrected chi connectivity index (χ0v) is 16.1. The molecule has 0 saturated heterocycles. The highest BCUT2D eigenvalue weighted by Gasteiger charge is 2.31. The van der Waals surface area contributed by atoms with Crippen LogP contribution in [-0.4, -0.2) is 24.5 Å². The number of ketones is 1. The van der Waals surface area contributed by atoms with Crippen LogP contribution in [0.5, 0.6) is 0 Å². The van der Waals surface area contributed by atoms with Crippen LogP contribution in [0.15, 0.2) is 27.1 Å². The summed E-state index contributed by atoms with van der Waals surface area (Å²) in [5.74, 6) is -0.0890. The largest absolute Gasteiger partial charge is 0.287 e. The molecule has 0 radical (unpaired) electrons. The second-order valence-electron chi connectivity index (χ2n) is 5.59. The molecule has 0 fully saturated rings. The van der Waals surface area contributed by atoms with E-state index >= 15 is 0 Å². The van der Waals surface area contributed by atoms with E-state index in [4.69, 9.17) is 4.98 Å². The lowest BCUT2D eigenvalue weighted by molar-refractivity contribution is 0.103. The van der Waals surface area contributed by atoms with E-state index in [1.54, 1.807) is 0 Å². The minimum Gasteiger partial charge on any atom is -0.287 e. The Balaban J connectivity index is 1.96. The molecule has 0 atom stereocenters. The Bertz CT molecular complexity index is 1220. The molecule has 1 aliphatic rings. The first-order valence-electron chi connectivity index (χ1n) is 7.03. The third-order valence-electron chi connectivity index (χ3n) is 4.11. The number of carbonyl (C=O) groups is 1. The normalized spacial score (nSPS) is 12.9. The third kappa shape index (κ3) is 1.76. The fourth-order valence-electron chi connectivity index (χ4n) is 2.97. The molecular formula is C16H6Br2N4OS. The molecule has 0 N–H and O–H groups in total. The topological polar surface area (TPSA) is 68.6 Å². The number of rotatable bonds is 0. The maximum atomic E-state index is 12.7. The molecule has 8 heteroatoms. The fraction of sp³-hybridized carbons (Fsp3) is 0.0625. The fourth-order valence-corrected chi connectivity index (χ4v) is 4.87. The van der Waals surface area contributed by atoms with Crippen LogP contribution in [0.25, 0.3) is 33.3 Å². The molecule has 5 rings (SSSR count). The summed E-state index contributed by atoms with van der Waals surface area (Å²) in [5, 5.41) is 0. The summed E-state index contributed by atoms with van der Waals surface area (Å²) < 4.78 is 10.1. The summed E-state index contributed by atoms with van der Waals surface area (Å²) in [6.45, 7) is 1.99. The SMILES string of the molecule is Cc1ccc2c(c1)-c1nc3c(Br)c4nsnc4c(Br)c3nc1C2=O. The van der Waals surface area contributed by atoms with Gasteiger partial charge < -0.3 is 0 Å². The van der Waals surface area contributed by atoms with Gasteiger partial charge in [-0.15, -0.1) is 0 Å². The molecule has 4 aromatic rings. The molecule has 2 aromatic carbocycles. The highest BCUT2D eigenvalue weighted by molar-refractivity contribution is 9.11. The number of hydrogen-bond acceptors (Lipinski definition) is 6. The molecule has 0 spiro atoms. The van der Waals surface area contributed by atoms with Crippen molar-refractivity contribution >= 4 is 71.4 Å². The Labute approximate surface area is 156 Å². The number of carbonyl (C=O) groups excluding carboxylic acids is 1. The molecule has 0 saturated carbocycles. The number of halogens is 2. The average Bonchev–Trinajstić information content (AvgIpc) is 3.16. The monoisotopic (exact) mass is 460 g/mol. The van der Waals surface area contributed by atoms with Crippen molar-refractivity contribution in [1.29, 1.82) is 0 Å². The van der Waals surface area contributed by atoms with Crippen LogP contribution in [0.3, 0.4) is 0 Å². The quantitative estimate of drug-likeness (QED) is 0.335. The van der Waals surface area contributed by atoms with Crippen molar-refractivity contribution in [3.8, 4) is 11.3 Å². The number of aromatic nitrogens is 4. The number of benzene rings is 2. The lowest BCUT2D eigenvalue weighted by Gasteiger charge is -2.06. The van der Waals surface area contributed by atoms with E-state index < -0.39 is 0 Å². The van der Waals surface area contributed by atoms with Gasteiger partial charge in [0.1, 0.15) is 33.5 Å². The van der Waals surface area contributed by atoms with Gasteiger partial charge in [-0.2, -0.15) is 8.75 Å². The lowest BCUT2D eigenvalue weighted by Crippen LogP contribution is -2.01. The van der Waals surface area contributed by atoms with Gasteiger partial charge in [0.05, 0.1) is 20.7 Å². The highest BCUT2D eigenvalue weighted by atomic mass is 79.9. The van der Waals surface area contributed by atoms with Gasteiger partial charge in [0.2, 0.25) is 5.78 Å². The predicted molar refractivity (Wildman–Crippen MR) is 99.5 cm³/mol. The van der Waals surface area contributed by atoms with Crippen LogP contribution in [0.2, 0.25) is 0 Å².